The van der Waals surface area contributed by atoms with Crippen LogP contribution in [0, 0.1) is 0 Å². The fourth-order valence-corrected chi connectivity index (χ4v) is 1.69. The van der Waals surface area contributed by atoms with Gasteiger partial charge in [-0.3, -0.25) is 0 Å². The van der Waals surface area contributed by atoms with Crippen molar-refractivity contribution in [1.82, 2.24) is 5.32 Å². The van der Waals surface area contributed by atoms with Gasteiger partial charge < -0.3 is 15.2 Å². The second kappa shape index (κ2) is 7.62. The van der Waals surface area contributed by atoms with E-state index in [1.165, 1.54) is 0 Å². The summed E-state index contributed by atoms with van der Waals surface area (Å²) in [6.45, 7) is 7.22. The Morgan fingerprint density at radius 2 is 2.06 bits per heavy atom. The number of hydrogen-bond acceptors (Lipinski definition) is 3. The lowest BCUT2D eigenvalue weighted by atomic mass is 10.2. The van der Waals surface area contributed by atoms with Crippen LogP contribution in [0.4, 0.5) is 0 Å². The van der Waals surface area contributed by atoms with Crippen LogP contribution in [0.25, 0.3) is 0 Å². The first kappa shape index (κ1) is 15.3. The van der Waals surface area contributed by atoms with E-state index in [1.807, 2.05) is 18.2 Å². The molecule has 0 spiro atoms. The van der Waals surface area contributed by atoms with Gasteiger partial charge in [0.15, 0.2) is 0 Å². The van der Waals surface area contributed by atoms with Gasteiger partial charge in [0.2, 0.25) is 0 Å². The van der Waals surface area contributed by atoms with Gasteiger partial charge >= 0.3 is 0 Å². The standard InChI is InChI=1S/C14H22ClNO2/c1-10(2)16-9-12-4-5-14(13(15)8-12)18-7-6-11(3)17/h4-5,8,10-11,16-17H,6-7,9H2,1-3H3. The Bertz CT molecular complexity index is 367. The predicted octanol–water partition coefficient (Wildman–Crippen LogP) is 2.99. The molecule has 2 N–H and O–H groups in total. The molecule has 0 saturated heterocycles. The number of hydrogen-bond donors (Lipinski definition) is 2. The van der Waals surface area contributed by atoms with Crippen LogP contribution in [0.5, 0.6) is 5.75 Å². The zero-order valence-corrected chi connectivity index (χ0v) is 12.0. The van der Waals surface area contributed by atoms with Gasteiger partial charge in [0.05, 0.1) is 17.7 Å². The van der Waals surface area contributed by atoms with Gasteiger partial charge in [-0.1, -0.05) is 31.5 Å². The van der Waals surface area contributed by atoms with E-state index in [-0.39, 0.29) is 6.10 Å². The van der Waals surface area contributed by atoms with Crippen LogP contribution in [0.2, 0.25) is 5.02 Å². The van der Waals surface area contributed by atoms with Gasteiger partial charge in [0.1, 0.15) is 5.75 Å². The van der Waals surface area contributed by atoms with Crippen LogP contribution < -0.4 is 10.1 Å². The van der Waals surface area contributed by atoms with E-state index >= 15 is 0 Å². The van der Waals surface area contributed by atoms with E-state index in [0.717, 1.165) is 12.1 Å². The van der Waals surface area contributed by atoms with Crippen LogP contribution in [-0.2, 0) is 6.54 Å². The van der Waals surface area contributed by atoms with E-state index in [1.54, 1.807) is 6.92 Å². The summed E-state index contributed by atoms with van der Waals surface area (Å²) in [5, 5.41) is 13.1. The summed E-state index contributed by atoms with van der Waals surface area (Å²) < 4.78 is 5.52. The number of benzene rings is 1. The molecule has 0 radical (unpaired) electrons. The molecule has 0 amide bonds. The molecule has 0 fully saturated rings. The number of aliphatic hydroxyl groups excluding tert-OH is 1. The minimum Gasteiger partial charge on any atom is -0.492 e. The second-order valence-corrected chi connectivity index (χ2v) is 5.19. The van der Waals surface area contributed by atoms with E-state index in [9.17, 15) is 0 Å². The van der Waals surface area contributed by atoms with Crippen LogP contribution in [0.3, 0.4) is 0 Å². The van der Waals surface area contributed by atoms with Crippen molar-refractivity contribution in [3.63, 3.8) is 0 Å². The SMILES string of the molecule is CC(O)CCOc1ccc(CNC(C)C)cc1Cl. The van der Waals surface area contributed by atoms with Crippen LogP contribution in [0.15, 0.2) is 18.2 Å². The summed E-state index contributed by atoms with van der Waals surface area (Å²) in [7, 11) is 0. The molecule has 0 bridgehead atoms. The summed E-state index contributed by atoms with van der Waals surface area (Å²) in [4.78, 5) is 0. The molecule has 1 rings (SSSR count). The first-order valence-corrected chi connectivity index (χ1v) is 6.69. The highest BCUT2D eigenvalue weighted by Crippen LogP contribution is 2.25. The fraction of sp³-hybridized carbons (Fsp3) is 0.571. The highest BCUT2D eigenvalue weighted by atomic mass is 35.5. The molecule has 18 heavy (non-hydrogen) atoms. The van der Waals surface area contributed by atoms with Crippen molar-refractivity contribution in [3.05, 3.63) is 28.8 Å². The molecule has 0 aromatic heterocycles. The monoisotopic (exact) mass is 271 g/mol. The van der Waals surface area contributed by atoms with Gasteiger partial charge in [-0.2, -0.15) is 0 Å². The van der Waals surface area contributed by atoms with Crippen LogP contribution in [0.1, 0.15) is 32.8 Å². The Balaban J connectivity index is 2.51. The minimum absolute atomic E-state index is 0.349. The number of aliphatic hydroxyl groups is 1. The van der Waals surface area contributed by atoms with Crippen LogP contribution >= 0.6 is 11.6 Å². The summed E-state index contributed by atoms with van der Waals surface area (Å²) in [6.07, 6.45) is 0.255. The smallest absolute Gasteiger partial charge is 0.137 e. The third-order valence-electron chi connectivity index (χ3n) is 2.50. The Kier molecular flexibility index (Phi) is 6.47. The molecule has 1 aromatic rings. The molecule has 0 aliphatic rings. The summed E-state index contributed by atoms with van der Waals surface area (Å²) >= 11 is 6.14. The van der Waals surface area contributed by atoms with Crippen molar-refractivity contribution in [3.8, 4) is 5.75 Å². The largest absolute Gasteiger partial charge is 0.492 e. The van der Waals surface area contributed by atoms with Crippen molar-refractivity contribution in [2.45, 2.75) is 45.9 Å². The van der Waals surface area contributed by atoms with E-state index in [2.05, 4.69) is 19.2 Å². The highest BCUT2D eigenvalue weighted by Gasteiger charge is 2.04. The highest BCUT2D eigenvalue weighted by molar-refractivity contribution is 6.32. The van der Waals surface area contributed by atoms with Gasteiger partial charge in [-0.05, 0) is 24.6 Å². The predicted molar refractivity (Wildman–Crippen MR) is 75.2 cm³/mol. The maximum atomic E-state index is 9.14. The lowest BCUT2D eigenvalue weighted by molar-refractivity contribution is 0.155. The first-order valence-electron chi connectivity index (χ1n) is 6.31. The molecule has 0 heterocycles. The topological polar surface area (TPSA) is 41.5 Å². The van der Waals surface area contributed by atoms with Crippen LogP contribution in [-0.4, -0.2) is 23.9 Å². The second-order valence-electron chi connectivity index (χ2n) is 4.79. The number of nitrogens with one attached hydrogen (secondary N) is 1. The molecular formula is C14H22ClNO2. The molecule has 0 aliphatic carbocycles. The van der Waals surface area contributed by atoms with Gasteiger partial charge in [-0.25, -0.2) is 0 Å². The Hall–Kier alpha value is -0.770. The average Bonchev–Trinajstić information content (AvgIpc) is 2.28. The molecular weight excluding hydrogens is 250 g/mol. The van der Waals surface area contributed by atoms with E-state index in [0.29, 0.717) is 29.8 Å². The molecule has 0 saturated carbocycles. The number of rotatable bonds is 7. The maximum absolute atomic E-state index is 9.14. The summed E-state index contributed by atoms with van der Waals surface area (Å²) in [5.41, 5.74) is 1.14. The number of halogens is 1. The normalized spacial score (nSPS) is 12.8. The molecule has 4 heteroatoms. The maximum Gasteiger partial charge on any atom is 0.137 e. The zero-order chi connectivity index (χ0) is 13.5. The van der Waals surface area contributed by atoms with Crippen molar-refractivity contribution in [2.75, 3.05) is 6.61 Å². The van der Waals surface area contributed by atoms with Gasteiger partial charge in [0, 0.05) is 19.0 Å². The summed E-state index contributed by atoms with van der Waals surface area (Å²) in [6, 6.07) is 6.24. The quantitative estimate of drug-likeness (QED) is 0.801. The van der Waals surface area contributed by atoms with Gasteiger partial charge in [0.25, 0.3) is 0 Å². The third-order valence-corrected chi connectivity index (χ3v) is 2.80. The molecule has 1 aromatic carbocycles. The van der Waals surface area contributed by atoms with Crippen molar-refractivity contribution < 1.29 is 9.84 Å². The Labute approximate surface area is 114 Å². The lowest BCUT2D eigenvalue weighted by Crippen LogP contribution is -2.21. The van der Waals surface area contributed by atoms with E-state index < -0.39 is 0 Å². The average molecular weight is 272 g/mol. The molecule has 3 nitrogen and oxygen atoms in total. The minimum atomic E-state index is -0.349. The van der Waals surface area contributed by atoms with Crippen molar-refractivity contribution >= 4 is 11.6 Å². The fourth-order valence-electron chi connectivity index (χ4n) is 1.43. The lowest BCUT2D eigenvalue weighted by Gasteiger charge is -2.12. The first-order chi connectivity index (χ1) is 8.49. The third kappa shape index (κ3) is 5.71. The summed E-state index contributed by atoms with van der Waals surface area (Å²) in [5.74, 6) is 0.672. The van der Waals surface area contributed by atoms with E-state index in [4.69, 9.17) is 21.4 Å². The Morgan fingerprint density at radius 3 is 2.61 bits per heavy atom. The molecule has 1 atom stereocenters. The van der Waals surface area contributed by atoms with Crippen molar-refractivity contribution in [2.24, 2.45) is 0 Å². The zero-order valence-electron chi connectivity index (χ0n) is 11.2. The number of ether oxygens (including phenoxy) is 1. The molecule has 1 unspecified atom stereocenters. The van der Waals surface area contributed by atoms with Crippen molar-refractivity contribution in [1.29, 1.82) is 0 Å². The molecule has 0 aliphatic heterocycles. The van der Waals surface area contributed by atoms with Gasteiger partial charge in [-0.15, -0.1) is 0 Å². The Morgan fingerprint density at radius 1 is 1.33 bits per heavy atom. The molecule has 102 valence electrons.